The zero-order valence-electron chi connectivity index (χ0n) is 9.43. The van der Waals surface area contributed by atoms with Crippen molar-refractivity contribution in [2.45, 2.75) is 0 Å². The summed E-state index contributed by atoms with van der Waals surface area (Å²) in [5.41, 5.74) is 6.02. The molecule has 1 aromatic carbocycles. The van der Waals surface area contributed by atoms with Gasteiger partial charge in [-0.1, -0.05) is 11.6 Å². The van der Waals surface area contributed by atoms with Crippen molar-refractivity contribution in [2.75, 3.05) is 11.1 Å². The number of benzene rings is 1. The number of pyridine rings is 1. The lowest BCUT2D eigenvalue weighted by atomic mass is 10.3. The Hall–Kier alpha value is -1.86. The van der Waals surface area contributed by atoms with Crippen molar-refractivity contribution in [1.29, 1.82) is 0 Å². The van der Waals surface area contributed by atoms with Gasteiger partial charge in [0, 0.05) is 16.2 Å². The number of hydrogen-bond acceptors (Lipinski definition) is 5. The molecule has 1 heterocycles. The van der Waals surface area contributed by atoms with Crippen LogP contribution in [0.2, 0.25) is 5.02 Å². The van der Waals surface area contributed by atoms with E-state index in [2.05, 4.69) is 26.2 Å². The molecule has 8 heteroatoms. The third-order valence-electron chi connectivity index (χ3n) is 2.29. The number of anilines is 3. The molecule has 0 bridgehead atoms. The number of nitrogens with zero attached hydrogens (tertiary/aromatic N) is 2. The van der Waals surface area contributed by atoms with E-state index in [4.69, 9.17) is 17.3 Å². The van der Waals surface area contributed by atoms with Crippen molar-refractivity contribution in [1.82, 2.24) is 4.98 Å². The van der Waals surface area contributed by atoms with Crippen LogP contribution in [0.4, 0.5) is 23.0 Å². The van der Waals surface area contributed by atoms with Gasteiger partial charge in [-0.25, -0.2) is 4.98 Å². The van der Waals surface area contributed by atoms with Crippen LogP contribution in [0.1, 0.15) is 0 Å². The van der Waals surface area contributed by atoms with Crippen molar-refractivity contribution in [3.8, 4) is 0 Å². The summed E-state index contributed by atoms with van der Waals surface area (Å²) in [6, 6.07) is 8.02. The SMILES string of the molecule is Nc1nc(Nc2ccc(Cl)c(Br)c2)ccc1[N+](=O)[O-]. The highest BCUT2D eigenvalue weighted by atomic mass is 79.9. The number of nitro groups is 1. The van der Waals surface area contributed by atoms with Crippen LogP contribution in [-0.2, 0) is 0 Å². The molecule has 0 radical (unpaired) electrons. The number of hydrogen-bond donors (Lipinski definition) is 2. The second kappa shape index (κ2) is 5.41. The molecule has 0 atom stereocenters. The molecule has 0 saturated heterocycles. The number of halogens is 2. The summed E-state index contributed by atoms with van der Waals surface area (Å²) in [5, 5.41) is 14.2. The average Bonchev–Trinajstić information content (AvgIpc) is 2.33. The minimum atomic E-state index is -0.578. The molecule has 0 unspecified atom stereocenters. The van der Waals surface area contributed by atoms with Crippen LogP contribution < -0.4 is 11.1 Å². The first-order valence-corrected chi connectivity index (χ1v) is 6.27. The highest BCUT2D eigenvalue weighted by Crippen LogP contribution is 2.28. The van der Waals surface area contributed by atoms with Crippen LogP contribution in [0.15, 0.2) is 34.8 Å². The molecule has 0 spiro atoms. The second-order valence-electron chi connectivity index (χ2n) is 3.61. The Bertz CT molecular complexity index is 651. The smallest absolute Gasteiger partial charge is 0.311 e. The van der Waals surface area contributed by atoms with Gasteiger partial charge >= 0.3 is 5.69 Å². The highest BCUT2D eigenvalue weighted by Gasteiger charge is 2.12. The molecular formula is C11H8BrClN4O2. The van der Waals surface area contributed by atoms with E-state index in [1.54, 1.807) is 18.2 Å². The van der Waals surface area contributed by atoms with Gasteiger partial charge in [0.15, 0.2) is 0 Å². The van der Waals surface area contributed by atoms with E-state index in [1.807, 2.05) is 0 Å². The van der Waals surface area contributed by atoms with Gasteiger partial charge in [-0.3, -0.25) is 10.1 Å². The molecule has 0 aliphatic rings. The molecule has 0 fully saturated rings. The monoisotopic (exact) mass is 342 g/mol. The summed E-state index contributed by atoms with van der Waals surface area (Å²) in [4.78, 5) is 14.0. The van der Waals surface area contributed by atoms with Crippen molar-refractivity contribution in [3.63, 3.8) is 0 Å². The fourth-order valence-corrected chi connectivity index (χ4v) is 1.91. The molecule has 0 aliphatic carbocycles. The summed E-state index contributed by atoms with van der Waals surface area (Å²) in [6.45, 7) is 0. The molecule has 1 aromatic heterocycles. The number of nitrogen functional groups attached to an aromatic ring is 1. The number of nitrogens with one attached hydrogen (secondary N) is 1. The van der Waals surface area contributed by atoms with Crippen molar-refractivity contribution in [2.24, 2.45) is 0 Å². The lowest BCUT2D eigenvalue weighted by Gasteiger charge is -2.07. The van der Waals surface area contributed by atoms with E-state index >= 15 is 0 Å². The zero-order valence-corrected chi connectivity index (χ0v) is 11.8. The normalized spacial score (nSPS) is 10.2. The van der Waals surface area contributed by atoms with E-state index in [-0.39, 0.29) is 11.5 Å². The van der Waals surface area contributed by atoms with Gasteiger partial charge in [-0.05, 0) is 40.2 Å². The summed E-state index contributed by atoms with van der Waals surface area (Å²) in [7, 11) is 0. The van der Waals surface area contributed by atoms with Crippen LogP contribution in [0.25, 0.3) is 0 Å². The third-order valence-corrected chi connectivity index (χ3v) is 3.51. The predicted octanol–water partition coefficient (Wildman–Crippen LogP) is 3.73. The maximum Gasteiger partial charge on any atom is 0.311 e. The van der Waals surface area contributed by atoms with Gasteiger partial charge in [-0.2, -0.15) is 0 Å². The maximum atomic E-state index is 10.6. The van der Waals surface area contributed by atoms with Crippen LogP contribution >= 0.6 is 27.5 Å². The Kier molecular flexibility index (Phi) is 3.87. The van der Waals surface area contributed by atoms with E-state index in [9.17, 15) is 10.1 Å². The fourth-order valence-electron chi connectivity index (χ4n) is 1.41. The van der Waals surface area contributed by atoms with Crippen LogP contribution in [0, 0.1) is 10.1 Å². The Morgan fingerprint density at radius 3 is 2.68 bits per heavy atom. The standard InChI is InChI=1S/C11H8BrClN4O2/c12-7-5-6(1-2-8(7)13)15-10-4-3-9(17(18)19)11(14)16-10/h1-5H,(H3,14,15,16). The van der Waals surface area contributed by atoms with Crippen molar-refractivity contribution >= 4 is 50.5 Å². The zero-order chi connectivity index (χ0) is 14.0. The van der Waals surface area contributed by atoms with Gasteiger partial charge in [-0.15, -0.1) is 0 Å². The lowest BCUT2D eigenvalue weighted by molar-refractivity contribution is -0.384. The minimum absolute atomic E-state index is 0.136. The summed E-state index contributed by atoms with van der Waals surface area (Å²) in [5.74, 6) is 0.278. The molecular weight excluding hydrogens is 336 g/mol. The molecule has 0 aliphatic heterocycles. The Balaban J connectivity index is 2.26. The van der Waals surface area contributed by atoms with E-state index in [0.29, 0.717) is 10.8 Å². The fraction of sp³-hybridized carbons (Fsp3) is 0. The summed E-state index contributed by atoms with van der Waals surface area (Å²) < 4.78 is 0.731. The molecule has 98 valence electrons. The minimum Gasteiger partial charge on any atom is -0.378 e. The Labute approximate surface area is 121 Å². The number of rotatable bonds is 3. The van der Waals surface area contributed by atoms with Gasteiger partial charge in [0.05, 0.1) is 9.95 Å². The number of aromatic nitrogens is 1. The molecule has 19 heavy (non-hydrogen) atoms. The van der Waals surface area contributed by atoms with Gasteiger partial charge in [0.2, 0.25) is 5.82 Å². The molecule has 3 N–H and O–H groups in total. The topological polar surface area (TPSA) is 94.1 Å². The van der Waals surface area contributed by atoms with E-state index in [0.717, 1.165) is 10.2 Å². The first kappa shape index (κ1) is 13.6. The van der Waals surface area contributed by atoms with Crippen molar-refractivity contribution < 1.29 is 4.92 Å². The number of nitrogens with two attached hydrogens (primary N) is 1. The maximum absolute atomic E-state index is 10.6. The first-order valence-electron chi connectivity index (χ1n) is 5.10. The predicted molar refractivity (Wildman–Crippen MR) is 77.7 cm³/mol. The molecule has 0 saturated carbocycles. The largest absolute Gasteiger partial charge is 0.378 e. The van der Waals surface area contributed by atoms with Gasteiger partial charge < -0.3 is 11.1 Å². The molecule has 2 rings (SSSR count). The Morgan fingerprint density at radius 2 is 2.11 bits per heavy atom. The molecule has 2 aromatic rings. The molecule has 6 nitrogen and oxygen atoms in total. The van der Waals surface area contributed by atoms with E-state index < -0.39 is 4.92 Å². The van der Waals surface area contributed by atoms with Crippen LogP contribution in [-0.4, -0.2) is 9.91 Å². The summed E-state index contributed by atoms with van der Waals surface area (Å²) >= 11 is 9.18. The second-order valence-corrected chi connectivity index (χ2v) is 4.87. The van der Waals surface area contributed by atoms with Crippen LogP contribution in [0.3, 0.4) is 0 Å². The quantitative estimate of drug-likeness (QED) is 0.654. The first-order chi connectivity index (χ1) is 8.97. The highest BCUT2D eigenvalue weighted by molar-refractivity contribution is 9.10. The van der Waals surface area contributed by atoms with E-state index in [1.165, 1.54) is 12.1 Å². The lowest BCUT2D eigenvalue weighted by Crippen LogP contribution is -2.01. The summed E-state index contributed by atoms with van der Waals surface area (Å²) in [6.07, 6.45) is 0. The van der Waals surface area contributed by atoms with Gasteiger partial charge in [0.25, 0.3) is 0 Å². The third kappa shape index (κ3) is 3.12. The van der Waals surface area contributed by atoms with Crippen molar-refractivity contribution in [3.05, 3.63) is 49.9 Å². The Morgan fingerprint density at radius 1 is 1.37 bits per heavy atom. The molecule has 0 amide bonds. The van der Waals surface area contributed by atoms with Gasteiger partial charge in [0.1, 0.15) is 5.82 Å². The average molecular weight is 344 g/mol. The van der Waals surface area contributed by atoms with Crippen LogP contribution in [0.5, 0.6) is 0 Å².